The van der Waals surface area contributed by atoms with Gasteiger partial charge in [-0.1, -0.05) is 0 Å². The summed E-state index contributed by atoms with van der Waals surface area (Å²) in [6.45, 7) is 0. The Hall–Kier alpha value is 0.796. The van der Waals surface area contributed by atoms with Gasteiger partial charge in [-0.2, -0.15) is 43.9 Å². The predicted octanol–water partition coefficient (Wildman–Crippen LogP) is -0.666. The van der Waals surface area contributed by atoms with Gasteiger partial charge in [0, 0.05) is 0 Å². The third-order valence-corrected chi connectivity index (χ3v) is 4.83. The van der Waals surface area contributed by atoms with Crippen LogP contribution in [-0.4, -0.2) is 39.7 Å². The minimum atomic E-state index is -7.62. The molecular weight excluding hydrogens is 419 g/mol. The fourth-order valence-electron chi connectivity index (χ4n) is 0.515. The Morgan fingerprint density at radius 1 is 0.545 bits per heavy atom. The first-order valence-corrected chi connectivity index (χ1v) is 6.71. The van der Waals surface area contributed by atoms with E-state index in [0.29, 0.717) is 4.13 Å². The molecule has 0 aliphatic heterocycles. The Balaban J connectivity index is 0. The summed E-state index contributed by atoms with van der Waals surface area (Å²) in [5.41, 5.74) is 0. The summed E-state index contributed by atoms with van der Waals surface area (Å²) in [5.74, 6) is 0. The van der Waals surface area contributed by atoms with E-state index in [0.717, 1.165) is 0 Å². The molecule has 22 heavy (non-hydrogen) atoms. The first-order valence-electron chi connectivity index (χ1n) is 3.83. The second kappa shape index (κ2) is 6.60. The molecule has 0 heterocycles. The van der Waals surface area contributed by atoms with Gasteiger partial charge in [-0.25, -0.2) is 16.8 Å². The van der Waals surface area contributed by atoms with Crippen molar-refractivity contribution >= 4 is 20.0 Å². The van der Waals surface area contributed by atoms with Crippen molar-refractivity contribution in [3.63, 3.8) is 0 Å². The molecule has 0 aromatic rings. The summed E-state index contributed by atoms with van der Waals surface area (Å²) in [6.07, 6.45) is -14.0. The van der Waals surface area contributed by atoms with Crippen LogP contribution in [0.4, 0.5) is 43.9 Å². The van der Waals surface area contributed by atoms with Crippen LogP contribution in [0.25, 0.3) is 4.13 Å². The number of sulfonamides is 2. The van der Waals surface area contributed by atoms with E-state index in [1.54, 1.807) is 0 Å². The molecule has 0 atom stereocenters. The maximum Gasteiger partial charge on any atom is 1.00 e. The Labute approximate surface area is 157 Å². The minimum Gasteiger partial charge on any atom is -0.425 e. The molecule has 0 spiro atoms. The summed E-state index contributed by atoms with van der Waals surface area (Å²) < 4.78 is 161. The molecule has 0 rings (SSSR count). The molecule has 0 saturated heterocycles. The number of alkyl halides is 10. The summed E-state index contributed by atoms with van der Waals surface area (Å²) >= 11 is 0. The molecule has 0 aromatic carbocycles. The Morgan fingerprint density at radius 2 is 0.727 bits per heavy atom. The van der Waals surface area contributed by atoms with Crippen LogP contribution in [0.5, 0.6) is 0 Å². The van der Waals surface area contributed by atoms with Gasteiger partial charge in [0.2, 0.25) is 0 Å². The van der Waals surface area contributed by atoms with E-state index in [1.807, 2.05) is 0 Å². The number of halogens is 10. The molecule has 18 heteroatoms. The number of hydrogen-bond donors (Lipinski definition) is 0. The molecule has 128 valence electrons. The van der Waals surface area contributed by atoms with Crippen molar-refractivity contribution in [3.05, 3.63) is 4.13 Å². The van der Waals surface area contributed by atoms with Crippen molar-refractivity contribution < 1.29 is 112 Å². The summed E-state index contributed by atoms with van der Waals surface area (Å²) in [7, 11) is -15.2. The van der Waals surface area contributed by atoms with Crippen LogP contribution in [0.1, 0.15) is 0 Å². The average molecular weight is 419 g/mol. The molecule has 0 bridgehead atoms. The van der Waals surface area contributed by atoms with E-state index in [4.69, 9.17) is 0 Å². The van der Waals surface area contributed by atoms with Gasteiger partial charge >= 0.3 is 74.2 Å². The maximum absolute atomic E-state index is 12.3. The molecule has 0 fully saturated rings. The molecule has 0 aliphatic rings. The van der Waals surface area contributed by atoms with Crippen LogP contribution in [-0.2, 0) is 20.0 Å². The van der Waals surface area contributed by atoms with E-state index in [-0.39, 0.29) is 51.4 Å². The zero-order valence-electron chi connectivity index (χ0n) is 9.68. The summed E-state index contributed by atoms with van der Waals surface area (Å²) in [4.78, 5) is 0. The van der Waals surface area contributed by atoms with E-state index >= 15 is 0 Å². The van der Waals surface area contributed by atoms with Crippen molar-refractivity contribution in [1.82, 2.24) is 0 Å². The fraction of sp³-hybridized carbons (Fsp3) is 1.00. The second-order valence-electron chi connectivity index (χ2n) is 3.05. The fourth-order valence-corrected chi connectivity index (χ4v) is 2.88. The SMILES string of the molecule is O=S(=O)([N-]S(=O)(=O)C(F)(F)C(F)(F)F)C(F)(F)C(F)(F)F.[K+]. The van der Waals surface area contributed by atoms with Gasteiger partial charge in [0.15, 0.2) is 20.0 Å². The minimum absolute atomic E-state index is 0. The van der Waals surface area contributed by atoms with E-state index in [2.05, 4.69) is 0 Å². The Kier molecular flexibility index (Phi) is 7.51. The number of hydrogen-bond acceptors (Lipinski definition) is 4. The third-order valence-electron chi connectivity index (χ3n) is 1.50. The normalized spacial score (nSPS) is 15.4. The van der Waals surface area contributed by atoms with Crippen LogP contribution < -0.4 is 51.4 Å². The molecule has 0 N–H and O–H groups in total. The van der Waals surface area contributed by atoms with Crippen molar-refractivity contribution in [2.75, 3.05) is 0 Å². The topological polar surface area (TPSA) is 82.4 Å². The molecule has 0 saturated carbocycles. The zero-order chi connectivity index (χ0) is 17.7. The van der Waals surface area contributed by atoms with Gasteiger partial charge in [-0.3, -0.25) is 0 Å². The van der Waals surface area contributed by atoms with Crippen LogP contribution in [0.2, 0.25) is 0 Å². The first kappa shape index (κ1) is 25.0. The van der Waals surface area contributed by atoms with Crippen LogP contribution in [0.3, 0.4) is 0 Å². The van der Waals surface area contributed by atoms with Crippen molar-refractivity contribution in [2.24, 2.45) is 0 Å². The molecule has 0 aromatic heterocycles. The van der Waals surface area contributed by atoms with E-state index in [9.17, 15) is 60.7 Å². The molecule has 5 nitrogen and oxygen atoms in total. The number of nitrogens with zero attached hydrogens (tertiary/aromatic N) is 1. The average Bonchev–Trinajstić information content (AvgIpc) is 2.11. The van der Waals surface area contributed by atoms with Crippen molar-refractivity contribution in [2.45, 2.75) is 22.9 Å². The summed E-state index contributed by atoms with van der Waals surface area (Å²) in [5, 5.41) is -14.0. The molecule has 0 aliphatic carbocycles. The van der Waals surface area contributed by atoms with E-state index in [1.165, 1.54) is 0 Å². The van der Waals surface area contributed by atoms with Gasteiger partial charge in [-0.05, 0) is 0 Å². The van der Waals surface area contributed by atoms with E-state index < -0.39 is 42.9 Å². The van der Waals surface area contributed by atoms with Gasteiger partial charge in [0.05, 0.1) is 0 Å². The monoisotopic (exact) mass is 419 g/mol. The maximum atomic E-state index is 12.3. The molecule has 0 unspecified atom stereocenters. The predicted molar refractivity (Wildman–Crippen MR) is 43.2 cm³/mol. The standard InChI is InChI=1S/C4F10NO4S2.K/c5-1(6,7)3(11,12)20(16,17)15-21(18,19)4(13,14)2(8,9)10;/q-1;+1. The number of rotatable bonds is 4. The molecule has 0 radical (unpaired) electrons. The Morgan fingerprint density at radius 3 is 0.864 bits per heavy atom. The summed E-state index contributed by atoms with van der Waals surface area (Å²) in [6, 6.07) is 0. The quantitative estimate of drug-likeness (QED) is 0.448. The Bertz CT molecular complexity index is 550. The third kappa shape index (κ3) is 4.45. The molecular formula is C4F10KNO4S2. The smallest absolute Gasteiger partial charge is 0.425 e. The van der Waals surface area contributed by atoms with Crippen LogP contribution in [0, 0.1) is 0 Å². The first-order chi connectivity index (χ1) is 8.71. The zero-order valence-corrected chi connectivity index (χ0v) is 14.4. The molecule has 0 amide bonds. The van der Waals surface area contributed by atoms with Gasteiger partial charge in [0.1, 0.15) is 0 Å². The van der Waals surface area contributed by atoms with Gasteiger partial charge < -0.3 is 4.13 Å². The van der Waals surface area contributed by atoms with Crippen molar-refractivity contribution in [3.8, 4) is 0 Å². The largest absolute Gasteiger partial charge is 1.00 e. The van der Waals surface area contributed by atoms with Crippen LogP contribution in [0.15, 0.2) is 0 Å². The second-order valence-corrected chi connectivity index (χ2v) is 6.58. The van der Waals surface area contributed by atoms with Gasteiger partial charge in [0.25, 0.3) is 0 Å². The van der Waals surface area contributed by atoms with Crippen molar-refractivity contribution in [1.29, 1.82) is 0 Å². The van der Waals surface area contributed by atoms with Crippen LogP contribution >= 0.6 is 0 Å². The van der Waals surface area contributed by atoms with Gasteiger partial charge in [-0.15, -0.1) is 0 Å².